The van der Waals surface area contributed by atoms with Crippen molar-refractivity contribution >= 4 is 46.0 Å². The molecule has 0 fully saturated rings. The Bertz CT molecular complexity index is 966. The average Bonchev–Trinajstić information content (AvgIpc) is 3.06. The van der Waals surface area contributed by atoms with Gasteiger partial charge < -0.3 is 10.2 Å². The van der Waals surface area contributed by atoms with Crippen LogP contribution in [0.1, 0.15) is 22.3 Å². The molecule has 1 aromatic heterocycles. The zero-order valence-corrected chi connectivity index (χ0v) is 13.8. The number of aryl methyl sites for hydroxylation is 1. The Balaban J connectivity index is 1.58. The molecule has 0 radical (unpaired) electrons. The van der Waals surface area contributed by atoms with Gasteiger partial charge in [0.1, 0.15) is 11.0 Å². The minimum absolute atomic E-state index is 0.115. The van der Waals surface area contributed by atoms with Crippen molar-refractivity contribution in [2.45, 2.75) is 12.8 Å². The lowest BCUT2D eigenvalue weighted by Crippen LogP contribution is -2.31. The van der Waals surface area contributed by atoms with Gasteiger partial charge in [-0.2, -0.15) is 8.75 Å². The van der Waals surface area contributed by atoms with E-state index in [0.29, 0.717) is 18.4 Å². The van der Waals surface area contributed by atoms with Gasteiger partial charge in [-0.05, 0) is 48.4 Å². The van der Waals surface area contributed by atoms with Crippen molar-refractivity contribution in [1.29, 1.82) is 0 Å². The molecular weight excluding hydrogens is 324 g/mol. The van der Waals surface area contributed by atoms with Gasteiger partial charge in [0.25, 0.3) is 5.91 Å². The summed E-state index contributed by atoms with van der Waals surface area (Å²) in [7, 11) is 1.77. The van der Waals surface area contributed by atoms with Crippen LogP contribution in [-0.4, -0.2) is 27.6 Å². The molecule has 0 saturated heterocycles. The van der Waals surface area contributed by atoms with Gasteiger partial charge in [0, 0.05) is 30.4 Å². The van der Waals surface area contributed by atoms with Gasteiger partial charge in [-0.1, -0.05) is 0 Å². The predicted molar refractivity (Wildman–Crippen MR) is 93.5 cm³/mol. The lowest BCUT2D eigenvalue weighted by molar-refractivity contribution is -0.118. The molecule has 0 atom stereocenters. The van der Waals surface area contributed by atoms with Crippen LogP contribution < -0.4 is 10.2 Å². The summed E-state index contributed by atoms with van der Waals surface area (Å²) in [5, 5.41) is 2.90. The van der Waals surface area contributed by atoms with E-state index >= 15 is 0 Å². The Morgan fingerprint density at radius 3 is 2.83 bits per heavy atom. The Hall–Kier alpha value is -2.80. The van der Waals surface area contributed by atoms with E-state index in [-0.39, 0.29) is 11.8 Å². The first-order chi connectivity index (χ1) is 11.6. The van der Waals surface area contributed by atoms with Crippen molar-refractivity contribution < 1.29 is 9.59 Å². The topological polar surface area (TPSA) is 75.2 Å². The monoisotopic (exact) mass is 338 g/mol. The highest BCUT2D eigenvalue weighted by Gasteiger charge is 2.21. The number of hydrogen-bond donors (Lipinski definition) is 1. The summed E-state index contributed by atoms with van der Waals surface area (Å²) in [6, 6.07) is 10.9. The van der Waals surface area contributed by atoms with Gasteiger partial charge in [0.2, 0.25) is 5.91 Å². The third-order valence-corrected chi connectivity index (χ3v) is 4.75. The largest absolute Gasteiger partial charge is 0.322 e. The maximum Gasteiger partial charge on any atom is 0.255 e. The zero-order valence-electron chi connectivity index (χ0n) is 12.9. The quantitative estimate of drug-likeness (QED) is 0.779. The van der Waals surface area contributed by atoms with E-state index in [2.05, 4.69) is 14.1 Å². The lowest BCUT2D eigenvalue weighted by Gasteiger charge is -2.26. The molecule has 1 N–H and O–H groups in total. The number of carbonyl (C=O) groups excluding carboxylic acids is 2. The molecule has 7 heteroatoms. The van der Waals surface area contributed by atoms with E-state index in [9.17, 15) is 9.59 Å². The standard InChI is InChI=1S/C17H14N4O2S/c1-21-15-6-4-12(8-10(15)3-7-16(21)22)18-17(23)11-2-5-13-14(9-11)20-24-19-13/h2,4-6,8-9H,3,7H2,1H3,(H,18,23). The van der Waals surface area contributed by atoms with E-state index in [4.69, 9.17) is 0 Å². The third kappa shape index (κ3) is 2.52. The van der Waals surface area contributed by atoms with Gasteiger partial charge in [-0.25, -0.2) is 0 Å². The van der Waals surface area contributed by atoms with Crippen molar-refractivity contribution in [1.82, 2.24) is 8.75 Å². The zero-order chi connectivity index (χ0) is 16.7. The van der Waals surface area contributed by atoms with E-state index in [1.807, 2.05) is 18.2 Å². The number of rotatable bonds is 2. The number of nitrogens with one attached hydrogen (secondary N) is 1. The molecule has 0 unspecified atom stereocenters. The number of benzene rings is 2. The van der Waals surface area contributed by atoms with Gasteiger partial charge in [0.05, 0.1) is 11.7 Å². The molecule has 0 spiro atoms. The smallest absolute Gasteiger partial charge is 0.255 e. The Labute approximate surface area is 142 Å². The van der Waals surface area contributed by atoms with Crippen LogP contribution in [0.5, 0.6) is 0 Å². The highest BCUT2D eigenvalue weighted by atomic mass is 32.1. The fourth-order valence-corrected chi connectivity index (χ4v) is 3.38. The minimum atomic E-state index is -0.190. The molecule has 120 valence electrons. The van der Waals surface area contributed by atoms with E-state index < -0.39 is 0 Å². The predicted octanol–water partition coefficient (Wildman–Crippen LogP) is 2.85. The van der Waals surface area contributed by atoms with Gasteiger partial charge in [-0.3, -0.25) is 9.59 Å². The van der Waals surface area contributed by atoms with Crippen LogP contribution in [0.4, 0.5) is 11.4 Å². The number of fused-ring (bicyclic) bond motifs is 2. The van der Waals surface area contributed by atoms with E-state index in [0.717, 1.165) is 39.7 Å². The summed E-state index contributed by atoms with van der Waals surface area (Å²) in [4.78, 5) is 25.8. The molecule has 2 heterocycles. The molecular formula is C17H14N4O2S. The molecule has 1 aliphatic heterocycles. The highest BCUT2D eigenvalue weighted by Crippen LogP contribution is 2.29. The maximum absolute atomic E-state index is 12.4. The summed E-state index contributed by atoms with van der Waals surface area (Å²) >= 11 is 1.13. The van der Waals surface area contributed by atoms with Crippen molar-refractivity contribution in [2.24, 2.45) is 0 Å². The van der Waals surface area contributed by atoms with Crippen LogP contribution in [-0.2, 0) is 11.2 Å². The summed E-state index contributed by atoms with van der Waals surface area (Å²) in [5.74, 6) is -0.0745. The second kappa shape index (κ2) is 5.68. The molecule has 2 aromatic carbocycles. The van der Waals surface area contributed by atoms with Crippen molar-refractivity contribution in [3.63, 3.8) is 0 Å². The fourth-order valence-electron chi connectivity index (χ4n) is 2.86. The van der Waals surface area contributed by atoms with Crippen LogP contribution >= 0.6 is 11.7 Å². The van der Waals surface area contributed by atoms with Gasteiger partial charge in [0.15, 0.2) is 0 Å². The van der Waals surface area contributed by atoms with Crippen LogP contribution in [0.25, 0.3) is 11.0 Å². The molecule has 6 nitrogen and oxygen atoms in total. The normalized spacial score (nSPS) is 13.9. The number of aromatic nitrogens is 2. The molecule has 0 bridgehead atoms. The number of anilines is 2. The first kappa shape index (κ1) is 14.8. The van der Waals surface area contributed by atoms with Gasteiger partial charge in [-0.15, -0.1) is 0 Å². The van der Waals surface area contributed by atoms with Crippen molar-refractivity contribution in [3.05, 3.63) is 47.5 Å². The molecule has 24 heavy (non-hydrogen) atoms. The van der Waals surface area contributed by atoms with Gasteiger partial charge >= 0.3 is 0 Å². The molecule has 0 aliphatic carbocycles. The summed E-state index contributed by atoms with van der Waals surface area (Å²) < 4.78 is 8.29. The summed E-state index contributed by atoms with van der Waals surface area (Å²) in [5.41, 5.74) is 4.74. The number of nitrogens with zero attached hydrogens (tertiary/aromatic N) is 3. The minimum Gasteiger partial charge on any atom is -0.322 e. The molecule has 2 amide bonds. The van der Waals surface area contributed by atoms with Crippen molar-refractivity contribution in [3.8, 4) is 0 Å². The molecule has 4 rings (SSSR count). The number of amides is 2. The number of hydrogen-bond acceptors (Lipinski definition) is 5. The number of carbonyl (C=O) groups is 2. The lowest BCUT2D eigenvalue weighted by atomic mass is 10.0. The Kier molecular flexibility index (Phi) is 3.50. The first-order valence-corrected chi connectivity index (χ1v) is 8.28. The Morgan fingerprint density at radius 1 is 1.12 bits per heavy atom. The van der Waals surface area contributed by atoms with Crippen LogP contribution in [0, 0.1) is 0 Å². The molecule has 3 aromatic rings. The summed E-state index contributed by atoms with van der Waals surface area (Å²) in [6.07, 6.45) is 1.19. The maximum atomic E-state index is 12.4. The second-order valence-electron chi connectivity index (χ2n) is 5.72. The highest BCUT2D eigenvalue weighted by molar-refractivity contribution is 7.00. The first-order valence-electron chi connectivity index (χ1n) is 7.55. The van der Waals surface area contributed by atoms with Crippen molar-refractivity contribution in [2.75, 3.05) is 17.3 Å². The Morgan fingerprint density at radius 2 is 1.96 bits per heavy atom. The van der Waals surface area contributed by atoms with Crippen LogP contribution in [0.2, 0.25) is 0 Å². The van der Waals surface area contributed by atoms with E-state index in [1.54, 1.807) is 30.1 Å². The van der Waals surface area contributed by atoms with Crippen LogP contribution in [0.3, 0.4) is 0 Å². The van der Waals surface area contributed by atoms with E-state index in [1.165, 1.54) is 0 Å². The summed E-state index contributed by atoms with van der Waals surface area (Å²) in [6.45, 7) is 0. The molecule has 1 aliphatic rings. The third-order valence-electron chi connectivity index (χ3n) is 4.20. The average molecular weight is 338 g/mol. The van der Waals surface area contributed by atoms with Crippen LogP contribution in [0.15, 0.2) is 36.4 Å². The molecule has 0 saturated carbocycles. The fraction of sp³-hybridized carbons (Fsp3) is 0.176. The SMILES string of the molecule is CN1C(=O)CCc2cc(NC(=O)c3ccc4nsnc4c3)ccc21. The second-order valence-corrected chi connectivity index (χ2v) is 6.25.